The fourth-order valence-corrected chi connectivity index (χ4v) is 4.05. The molecule has 0 saturated heterocycles. The van der Waals surface area contributed by atoms with E-state index < -0.39 is 11.4 Å². The molecule has 0 radical (unpaired) electrons. The van der Waals surface area contributed by atoms with Crippen molar-refractivity contribution in [3.05, 3.63) is 60.7 Å². The summed E-state index contributed by atoms with van der Waals surface area (Å²) in [7, 11) is 0. The number of fused-ring (bicyclic) bond motifs is 2. The predicted molar refractivity (Wildman–Crippen MR) is 118 cm³/mol. The van der Waals surface area contributed by atoms with E-state index in [4.69, 9.17) is 4.74 Å². The first-order valence-corrected chi connectivity index (χ1v) is 10.2. The lowest BCUT2D eigenvalue weighted by Crippen LogP contribution is -2.63. The summed E-state index contributed by atoms with van der Waals surface area (Å²) < 4.78 is 19.9. The van der Waals surface area contributed by atoms with Gasteiger partial charge in [-0.1, -0.05) is 19.1 Å². The van der Waals surface area contributed by atoms with Crippen LogP contribution in [-0.4, -0.2) is 35.5 Å². The van der Waals surface area contributed by atoms with E-state index in [-0.39, 0.29) is 18.4 Å². The van der Waals surface area contributed by atoms with E-state index >= 15 is 0 Å². The monoisotopic (exact) mass is 421 g/mol. The summed E-state index contributed by atoms with van der Waals surface area (Å²) in [5.74, 6) is -0.535. The minimum absolute atomic E-state index is 0.253. The van der Waals surface area contributed by atoms with Crippen LogP contribution >= 0.6 is 0 Å². The molecule has 1 aliphatic rings. The van der Waals surface area contributed by atoms with Gasteiger partial charge in [-0.05, 0) is 50.6 Å². The van der Waals surface area contributed by atoms with E-state index in [0.29, 0.717) is 30.1 Å². The van der Waals surface area contributed by atoms with Gasteiger partial charge in [-0.15, -0.1) is 0 Å². The van der Waals surface area contributed by atoms with Gasteiger partial charge in [0.15, 0.2) is 6.61 Å². The number of aromatic nitrogens is 1. The summed E-state index contributed by atoms with van der Waals surface area (Å²) in [5.41, 5.74) is -0.241. The minimum atomic E-state index is -1.14. The molecule has 2 heterocycles. The number of rotatable bonds is 5. The normalized spacial score (nSPS) is 15.2. The summed E-state index contributed by atoms with van der Waals surface area (Å²) in [4.78, 5) is 33.6. The number of pyridine rings is 1. The molecule has 160 valence electrons. The number of nitrogens with zero attached hydrogens (tertiary/aromatic N) is 3. The van der Waals surface area contributed by atoms with Crippen LogP contribution in [0.25, 0.3) is 10.8 Å². The van der Waals surface area contributed by atoms with Crippen LogP contribution in [0.3, 0.4) is 0 Å². The number of hydrogen-bond donors (Lipinski definition) is 0. The van der Waals surface area contributed by atoms with Gasteiger partial charge in [-0.2, -0.15) is 0 Å². The fraction of sp³-hybridized carbons (Fsp3) is 0.292. The standard InChI is InChI=1S/C24H24FN3O3/c1-4-12-27-20-13-17(25)8-9-19(20)28(24(2,3)23(27)30)22(29)15-31-21-7-5-6-16-14-26-11-10-18(16)21/h5-11,13-14H,4,12,15H2,1-3H3. The predicted octanol–water partition coefficient (Wildman–Crippen LogP) is 4.32. The highest BCUT2D eigenvalue weighted by molar-refractivity contribution is 6.15. The Morgan fingerprint density at radius 2 is 1.97 bits per heavy atom. The third-order valence-electron chi connectivity index (χ3n) is 5.49. The summed E-state index contributed by atoms with van der Waals surface area (Å²) >= 11 is 0. The highest BCUT2D eigenvalue weighted by Crippen LogP contribution is 2.41. The van der Waals surface area contributed by atoms with Crippen molar-refractivity contribution in [3.8, 4) is 5.75 Å². The van der Waals surface area contributed by atoms with Crippen molar-refractivity contribution in [1.29, 1.82) is 0 Å². The van der Waals surface area contributed by atoms with E-state index in [9.17, 15) is 14.0 Å². The van der Waals surface area contributed by atoms with Crippen molar-refractivity contribution in [3.63, 3.8) is 0 Å². The highest BCUT2D eigenvalue weighted by atomic mass is 19.1. The van der Waals surface area contributed by atoms with Gasteiger partial charge in [0.1, 0.15) is 17.1 Å². The first-order chi connectivity index (χ1) is 14.8. The maximum absolute atomic E-state index is 14.0. The molecule has 2 amide bonds. The van der Waals surface area contributed by atoms with Crippen LogP contribution in [0.1, 0.15) is 27.2 Å². The lowest BCUT2D eigenvalue weighted by molar-refractivity contribution is -0.129. The van der Waals surface area contributed by atoms with Gasteiger partial charge in [0.2, 0.25) is 0 Å². The van der Waals surface area contributed by atoms with Crippen LogP contribution in [0.5, 0.6) is 5.75 Å². The highest BCUT2D eigenvalue weighted by Gasteiger charge is 2.47. The van der Waals surface area contributed by atoms with Crippen molar-refractivity contribution >= 4 is 34.0 Å². The number of benzene rings is 2. The third kappa shape index (κ3) is 3.60. The SMILES string of the molecule is CCCN1C(=O)C(C)(C)N(C(=O)COc2cccc3cnccc23)c2ccc(F)cc21. The zero-order chi connectivity index (χ0) is 22.2. The second-order valence-corrected chi connectivity index (χ2v) is 8.02. The molecule has 0 aliphatic carbocycles. The summed E-state index contributed by atoms with van der Waals surface area (Å²) in [5, 5.41) is 1.74. The van der Waals surface area contributed by atoms with Gasteiger partial charge in [0, 0.05) is 29.7 Å². The molecule has 1 aliphatic heterocycles. The van der Waals surface area contributed by atoms with Crippen LogP contribution in [0.2, 0.25) is 0 Å². The molecule has 0 bridgehead atoms. The molecular formula is C24H24FN3O3. The van der Waals surface area contributed by atoms with Gasteiger partial charge < -0.3 is 9.64 Å². The van der Waals surface area contributed by atoms with Crippen molar-refractivity contribution in [2.24, 2.45) is 0 Å². The Kier molecular flexibility index (Phi) is 5.35. The van der Waals surface area contributed by atoms with E-state index in [1.165, 1.54) is 17.0 Å². The number of amides is 2. The Bertz CT molecular complexity index is 1160. The van der Waals surface area contributed by atoms with Crippen LogP contribution in [-0.2, 0) is 9.59 Å². The second kappa shape index (κ2) is 7.98. The minimum Gasteiger partial charge on any atom is -0.483 e. The summed E-state index contributed by atoms with van der Waals surface area (Å²) in [6.07, 6.45) is 4.10. The Labute approximate surface area is 180 Å². The number of carbonyl (C=O) groups excluding carboxylic acids is 2. The average Bonchev–Trinajstić information content (AvgIpc) is 2.76. The lowest BCUT2D eigenvalue weighted by Gasteiger charge is -2.46. The number of ether oxygens (including phenoxy) is 1. The van der Waals surface area contributed by atoms with Crippen LogP contribution in [0.4, 0.5) is 15.8 Å². The topological polar surface area (TPSA) is 62.7 Å². The Morgan fingerprint density at radius 3 is 2.74 bits per heavy atom. The molecule has 6 nitrogen and oxygen atoms in total. The van der Waals surface area contributed by atoms with E-state index in [1.807, 2.05) is 25.1 Å². The van der Waals surface area contributed by atoms with Crippen LogP contribution in [0.15, 0.2) is 54.9 Å². The quantitative estimate of drug-likeness (QED) is 0.616. The fourth-order valence-electron chi connectivity index (χ4n) is 4.05. The Morgan fingerprint density at radius 1 is 1.16 bits per heavy atom. The molecule has 0 spiro atoms. The molecule has 0 N–H and O–H groups in total. The molecule has 2 aromatic carbocycles. The zero-order valence-corrected chi connectivity index (χ0v) is 17.8. The molecule has 0 unspecified atom stereocenters. The number of hydrogen-bond acceptors (Lipinski definition) is 4. The number of carbonyl (C=O) groups is 2. The molecule has 3 aromatic rings. The maximum atomic E-state index is 14.0. The second-order valence-electron chi connectivity index (χ2n) is 8.02. The molecule has 0 fully saturated rings. The molecular weight excluding hydrogens is 397 g/mol. The average molecular weight is 421 g/mol. The van der Waals surface area contributed by atoms with Gasteiger partial charge in [-0.3, -0.25) is 19.5 Å². The summed E-state index contributed by atoms with van der Waals surface area (Å²) in [6, 6.07) is 11.5. The van der Waals surface area contributed by atoms with Crippen molar-refractivity contribution < 1.29 is 18.7 Å². The number of halogens is 1. The molecule has 4 rings (SSSR count). The van der Waals surface area contributed by atoms with Crippen molar-refractivity contribution in [1.82, 2.24) is 4.98 Å². The zero-order valence-electron chi connectivity index (χ0n) is 17.8. The largest absolute Gasteiger partial charge is 0.483 e. The van der Waals surface area contributed by atoms with E-state index in [2.05, 4.69) is 4.98 Å². The van der Waals surface area contributed by atoms with Crippen molar-refractivity contribution in [2.45, 2.75) is 32.7 Å². The van der Waals surface area contributed by atoms with E-state index in [0.717, 1.165) is 10.8 Å². The lowest BCUT2D eigenvalue weighted by atomic mass is 9.94. The molecule has 0 saturated carbocycles. The smallest absolute Gasteiger partial charge is 0.265 e. The molecule has 1 aromatic heterocycles. The van der Waals surface area contributed by atoms with Gasteiger partial charge in [0.25, 0.3) is 11.8 Å². The van der Waals surface area contributed by atoms with Crippen LogP contribution in [0, 0.1) is 5.82 Å². The van der Waals surface area contributed by atoms with Crippen LogP contribution < -0.4 is 14.5 Å². The maximum Gasteiger partial charge on any atom is 0.265 e. The van der Waals surface area contributed by atoms with Gasteiger partial charge >= 0.3 is 0 Å². The molecule has 7 heteroatoms. The molecule has 0 atom stereocenters. The Hall–Kier alpha value is -3.48. The molecule has 31 heavy (non-hydrogen) atoms. The van der Waals surface area contributed by atoms with E-state index in [1.54, 1.807) is 43.3 Å². The first kappa shape index (κ1) is 20.8. The van der Waals surface area contributed by atoms with Gasteiger partial charge in [0.05, 0.1) is 11.4 Å². The van der Waals surface area contributed by atoms with Gasteiger partial charge in [-0.25, -0.2) is 4.39 Å². The summed E-state index contributed by atoms with van der Waals surface area (Å²) in [6.45, 7) is 5.53. The third-order valence-corrected chi connectivity index (χ3v) is 5.49. The van der Waals surface area contributed by atoms with Crippen molar-refractivity contribution in [2.75, 3.05) is 23.0 Å². The Balaban J connectivity index is 1.68. The first-order valence-electron chi connectivity index (χ1n) is 10.2. The number of anilines is 2.